The van der Waals surface area contributed by atoms with Gasteiger partial charge in [0.1, 0.15) is 11.5 Å². The van der Waals surface area contributed by atoms with Crippen LogP contribution in [0.3, 0.4) is 0 Å². The van der Waals surface area contributed by atoms with E-state index in [0.29, 0.717) is 11.3 Å². The second-order valence-corrected chi connectivity index (χ2v) is 4.79. The summed E-state index contributed by atoms with van der Waals surface area (Å²) in [7, 11) is 0. The van der Waals surface area contributed by atoms with Crippen molar-refractivity contribution in [2.24, 2.45) is 5.73 Å². The molecule has 1 amide bonds. The minimum absolute atomic E-state index is 0.160. The molecule has 0 aliphatic heterocycles. The number of nitrogens with two attached hydrogens (primary N) is 1. The molecule has 0 radical (unpaired) electrons. The SMILES string of the molecule is NC(=O)c1ccc(-c2cnc(Oc3ccc(O)cc3)nc2)cc1. The van der Waals surface area contributed by atoms with Crippen molar-refractivity contribution < 1.29 is 14.6 Å². The first-order valence-electron chi connectivity index (χ1n) is 6.81. The number of benzene rings is 2. The summed E-state index contributed by atoms with van der Waals surface area (Å²) in [4.78, 5) is 19.3. The Kier molecular flexibility index (Phi) is 3.88. The van der Waals surface area contributed by atoms with Gasteiger partial charge in [0.05, 0.1) is 0 Å². The van der Waals surface area contributed by atoms with E-state index in [2.05, 4.69) is 9.97 Å². The van der Waals surface area contributed by atoms with Gasteiger partial charge >= 0.3 is 6.01 Å². The molecule has 0 bridgehead atoms. The van der Waals surface area contributed by atoms with Crippen LogP contribution in [0, 0.1) is 0 Å². The Balaban J connectivity index is 1.76. The van der Waals surface area contributed by atoms with Gasteiger partial charge in [0.15, 0.2) is 0 Å². The van der Waals surface area contributed by atoms with E-state index in [-0.39, 0.29) is 11.8 Å². The van der Waals surface area contributed by atoms with Crippen molar-refractivity contribution in [3.8, 4) is 28.6 Å². The molecule has 1 aromatic heterocycles. The fraction of sp³-hybridized carbons (Fsp3) is 0. The van der Waals surface area contributed by atoms with E-state index >= 15 is 0 Å². The van der Waals surface area contributed by atoms with Gasteiger partial charge in [-0.2, -0.15) is 0 Å². The number of phenols is 1. The number of ether oxygens (including phenoxy) is 1. The number of carbonyl (C=O) groups is 1. The topological polar surface area (TPSA) is 98.3 Å². The van der Waals surface area contributed by atoms with E-state index in [9.17, 15) is 9.90 Å². The van der Waals surface area contributed by atoms with Gasteiger partial charge in [-0.15, -0.1) is 0 Å². The van der Waals surface area contributed by atoms with Gasteiger partial charge in [-0.05, 0) is 42.0 Å². The van der Waals surface area contributed by atoms with Crippen molar-refractivity contribution in [2.45, 2.75) is 0 Å². The Labute approximate surface area is 132 Å². The molecule has 0 saturated heterocycles. The maximum atomic E-state index is 11.1. The average molecular weight is 307 g/mol. The Morgan fingerprint density at radius 3 is 2.09 bits per heavy atom. The predicted octanol–water partition coefficient (Wildman–Crippen LogP) is 2.74. The van der Waals surface area contributed by atoms with Crippen LogP contribution in [0.15, 0.2) is 60.9 Å². The van der Waals surface area contributed by atoms with E-state index in [1.807, 2.05) is 0 Å². The lowest BCUT2D eigenvalue weighted by Gasteiger charge is -2.05. The summed E-state index contributed by atoms with van der Waals surface area (Å²) in [6.07, 6.45) is 3.25. The standard InChI is InChI=1S/C17H13N3O3/c18-16(22)12-3-1-11(2-4-12)13-9-19-17(20-10-13)23-15-7-5-14(21)6-8-15/h1-10,21H,(H2,18,22). The number of nitrogens with zero attached hydrogens (tertiary/aromatic N) is 2. The molecule has 1 heterocycles. The summed E-state index contributed by atoms with van der Waals surface area (Å²) in [5.41, 5.74) is 7.31. The number of hydrogen-bond acceptors (Lipinski definition) is 5. The summed E-state index contributed by atoms with van der Waals surface area (Å²) in [5.74, 6) is 0.222. The van der Waals surface area contributed by atoms with Crippen LogP contribution in [0.2, 0.25) is 0 Å². The molecule has 0 aliphatic carbocycles. The lowest BCUT2D eigenvalue weighted by molar-refractivity contribution is 0.100. The zero-order valence-electron chi connectivity index (χ0n) is 12.0. The van der Waals surface area contributed by atoms with Crippen LogP contribution in [-0.4, -0.2) is 21.0 Å². The van der Waals surface area contributed by atoms with E-state index in [1.165, 1.54) is 12.1 Å². The summed E-state index contributed by atoms with van der Waals surface area (Å²) in [5, 5.41) is 9.22. The number of rotatable bonds is 4. The van der Waals surface area contributed by atoms with Crippen molar-refractivity contribution in [1.82, 2.24) is 9.97 Å². The zero-order valence-corrected chi connectivity index (χ0v) is 12.0. The molecule has 114 valence electrons. The van der Waals surface area contributed by atoms with E-state index in [1.54, 1.807) is 48.8 Å². The fourth-order valence-corrected chi connectivity index (χ4v) is 1.96. The molecule has 0 saturated carbocycles. The van der Waals surface area contributed by atoms with Crippen LogP contribution in [0.1, 0.15) is 10.4 Å². The second-order valence-electron chi connectivity index (χ2n) is 4.79. The average Bonchev–Trinajstić information content (AvgIpc) is 2.58. The third-order valence-corrected chi connectivity index (χ3v) is 3.18. The monoisotopic (exact) mass is 307 g/mol. The van der Waals surface area contributed by atoms with Gasteiger partial charge in [0, 0.05) is 23.5 Å². The van der Waals surface area contributed by atoms with Gasteiger partial charge in [0.2, 0.25) is 5.91 Å². The Bertz CT molecular complexity index is 813. The van der Waals surface area contributed by atoms with E-state index < -0.39 is 5.91 Å². The smallest absolute Gasteiger partial charge is 0.321 e. The van der Waals surface area contributed by atoms with Crippen molar-refractivity contribution in [2.75, 3.05) is 0 Å². The number of aromatic hydroxyl groups is 1. The molecule has 0 spiro atoms. The largest absolute Gasteiger partial charge is 0.508 e. The lowest BCUT2D eigenvalue weighted by Crippen LogP contribution is -2.10. The zero-order chi connectivity index (χ0) is 16.2. The first-order valence-corrected chi connectivity index (χ1v) is 6.81. The molecule has 0 aliphatic rings. The third-order valence-electron chi connectivity index (χ3n) is 3.18. The number of amides is 1. The highest BCUT2D eigenvalue weighted by Gasteiger charge is 2.05. The van der Waals surface area contributed by atoms with Crippen molar-refractivity contribution in [3.05, 3.63) is 66.5 Å². The summed E-state index contributed by atoms with van der Waals surface area (Å²) in [6, 6.07) is 13.3. The number of carbonyl (C=O) groups excluding carboxylic acids is 1. The Morgan fingerprint density at radius 1 is 0.913 bits per heavy atom. The summed E-state index contributed by atoms with van der Waals surface area (Å²) >= 11 is 0. The number of phenolic OH excluding ortho intramolecular Hbond substituents is 1. The quantitative estimate of drug-likeness (QED) is 0.772. The Hall–Kier alpha value is -3.41. The van der Waals surface area contributed by atoms with E-state index in [0.717, 1.165) is 11.1 Å². The highest BCUT2D eigenvalue weighted by atomic mass is 16.5. The highest BCUT2D eigenvalue weighted by molar-refractivity contribution is 5.93. The van der Waals surface area contributed by atoms with Gasteiger partial charge in [-0.3, -0.25) is 4.79 Å². The minimum atomic E-state index is -0.467. The predicted molar refractivity (Wildman–Crippen MR) is 84.2 cm³/mol. The van der Waals surface area contributed by atoms with Gasteiger partial charge in [0.25, 0.3) is 0 Å². The first kappa shape index (κ1) is 14.5. The van der Waals surface area contributed by atoms with Crippen LogP contribution in [0.25, 0.3) is 11.1 Å². The second kappa shape index (κ2) is 6.15. The third kappa shape index (κ3) is 3.44. The number of aromatic nitrogens is 2. The highest BCUT2D eigenvalue weighted by Crippen LogP contribution is 2.23. The maximum absolute atomic E-state index is 11.1. The van der Waals surface area contributed by atoms with Crippen LogP contribution < -0.4 is 10.5 Å². The van der Waals surface area contributed by atoms with Gasteiger partial charge in [-0.1, -0.05) is 12.1 Å². The molecular formula is C17H13N3O3. The maximum Gasteiger partial charge on any atom is 0.321 e. The molecule has 3 N–H and O–H groups in total. The van der Waals surface area contributed by atoms with Gasteiger partial charge < -0.3 is 15.6 Å². The molecule has 0 unspecified atom stereocenters. The summed E-state index contributed by atoms with van der Waals surface area (Å²) < 4.78 is 5.48. The molecule has 6 nitrogen and oxygen atoms in total. The number of hydrogen-bond donors (Lipinski definition) is 2. The molecule has 3 rings (SSSR count). The van der Waals surface area contributed by atoms with Crippen molar-refractivity contribution in [3.63, 3.8) is 0 Å². The van der Waals surface area contributed by atoms with Crippen molar-refractivity contribution >= 4 is 5.91 Å². The molecule has 23 heavy (non-hydrogen) atoms. The fourth-order valence-electron chi connectivity index (χ4n) is 1.96. The minimum Gasteiger partial charge on any atom is -0.508 e. The lowest BCUT2D eigenvalue weighted by atomic mass is 10.1. The molecule has 6 heteroatoms. The van der Waals surface area contributed by atoms with E-state index in [4.69, 9.17) is 10.5 Å². The molecule has 0 atom stereocenters. The van der Waals surface area contributed by atoms with Crippen LogP contribution >= 0.6 is 0 Å². The molecule has 3 aromatic rings. The van der Waals surface area contributed by atoms with Crippen molar-refractivity contribution in [1.29, 1.82) is 0 Å². The molecule has 2 aromatic carbocycles. The normalized spacial score (nSPS) is 10.3. The molecule has 0 fully saturated rings. The number of primary amides is 1. The van der Waals surface area contributed by atoms with Crippen LogP contribution in [-0.2, 0) is 0 Å². The summed E-state index contributed by atoms with van der Waals surface area (Å²) in [6.45, 7) is 0. The molecular weight excluding hydrogens is 294 g/mol. The van der Waals surface area contributed by atoms with Gasteiger partial charge in [-0.25, -0.2) is 9.97 Å². The first-order chi connectivity index (χ1) is 11.1. The Morgan fingerprint density at radius 2 is 1.52 bits per heavy atom. The van der Waals surface area contributed by atoms with Crippen LogP contribution in [0.4, 0.5) is 0 Å². The van der Waals surface area contributed by atoms with Crippen LogP contribution in [0.5, 0.6) is 17.5 Å².